The van der Waals surface area contributed by atoms with Crippen LogP contribution in [0.15, 0.2) is 0 Å². The topological polar surface area (TPSA) is 33.1 Å². The molecule has 2 nitrogen and oxygen atoms in total. The molecule has 102 valence electrons. The van der Waals surface area contributed by atoms with Crippen molar-refractivity contribution in [2.75, 3.05) is 11.5 Å². The molecule has 0 aromatic carbocycles. The summed E-state index contributed by atoms with van der Waals surface area (Å²) in [4.78, 5) is 5.81. The predicted molar refractivity (Wildman–Crippen MR) is 84.1 cm³/mol. The first-order valence-electron chi connectivity index (χ1n) is 6.46. The van der Waals surface area contributed by atoms with E-state index in [-0.39, 0.29) is 6.10 Å². The molecule has 1 aliphatic rings. The van der Waals surface area contributed by atoms with Crippen molar-refractivity contribution < 1.29 is 5.11 Å². The highest BCUT2D eigenvalue weighted by Crippen LogP contribution is 2.36. The highest BCUT2D eigenvalue weighted by molar-refractivity contribution is 8.07. The number of aromatic nitrogens is 1. The Balaban J connectivity index is 1.99. The molecule has 1 aliphatic heterocycles. The second-order valence-electron chi connectivity index (χ2n) is 4.67. The van der Waals surface area contributed by atoms with Gasteiger partial charge in [-0.2, -0.15) is 23.5 Å². The molecule has 1 fully saturated rings. The number of hydrogen-bond acceptors (Lipinski definition) is 5. The normalized spacial score (nSPS) is 26.2. The summed E-state index contributed by atoms with van der Waals surface area (Å²) in [5.41, 5.74) is 1.11. The van der Waals surface area contributed by atoms with Crippen LogP contribution in [0.3, 0.4) is 0 Å². The van der Waals surface area contributed by atoms with Crippen molar-refractivity contribution in [2.45, 2.75) is 50.2 Å². The Morgan fingerprint density at radius 3 is 2.67 bits per heavy atom. The summed E-state index contributed by atoms with van der Waals surface area (Å²) in [6.45, 7) is 6.37. The summed E-state index contributed by atoms with van der Waals surface area (Å²) < 4.78 is 0. The zero-order valence-corrected chi connectivity index (χ0v) is 13.6. The van der Waals surface area contributed by atoms with Gasteiger partial charge in [-0.05, 0) is 20.3 Å². The van der Waals surface area contributed by atoms with E-state index in [4.69, 9.17) is 0 Å². The van der Waals surface area contributed by atoms with Crippen molar-refractivity contribution in [3.05, 3.63) is 15.6 Å². The first-order chi connectivity index (χ1) is 8.61. The Labute approximate surface area is 122 Å². The average molecular weight is 304 g/mol. The molecule has 0 aliphatic carbocycles. The van der Waals surface area contributed by atoms with Crippen LogP contribution >= 0.6 is 34.9 Å². The Morgan fingerprint density at radius 2 is 2.06 bits per heavy atom. The van der Waals surface area contributed by atoms with E-state index >= 15 is 0 Å². The van der Waals surface area contributed by atoms with Crippen LogP contribution in [0.5, 0.6) is 0 Å². The molecule has 2 rings (SSSR count). The maximum atomic E-state index is 10.5. The van der Waals surface area contributed by atoms with Gasteiger partial charge in [0, 0.05) is 33.3 Å². The molecule has 18 heavy (non-hydrogen) atoms. The Bertz CT molecular complexity index is 374. The van der Waals surface area contributed by atoms with E-state index in [2.05, 4.69) is 18.8 Å². The molecule has 2 heterocycles. The van der Waals surface area contributed by atoms with Crippen LogP contribution in [0.1, 0.15) is 28.9 Å². The smallest absolute Gasteiger partial charge is 0.0957 e. The van der Waals surface area contributed by atoms with Gasteiger partial charge < -0.3 is 5.11 Å². The van der Waals surface area contributed by atoms with Crippen LogP contribution < -0.4 is 0 Å². The van der Waals surface area contributed by atoms with Gasteiger partial charge in [0.2, 0.25) is 0 Å². The molecule has 3 unspecified atom stereocenters. The second kappa shape index (κ2) is 6.64. The molecule has 0 bridgehead atoms. The Kier molecular flexibility index (Phi) is 5.42. The molecule has 1 aromatic rings. The fourth-order valence-corrected chi connectivity index (χ4v) is 6.35. The third kappa shape index (κ3) is 3.44. The number of nitrogens with zero attached hydrogens (tertiary/aromatic N) is 1. The quantitative estimate of drug-likeness (QED) is 0.925. The third-order valence-corrected chi connectivity index (χ3v) is 7.82. The van der Waals surface area contributed by atoms with Crippen LogP contribution in [0.2, 0.25) is 0 Å². The fraction of sp³-hybridized carbons (Fsp3) is 0.769. The molecule has 1 saturated heterocycles. The predicted octanol–water partition coefficient (Wildman–Crippen LogP) is 3.29. The first kappa shape index (κ1) is 14.7. The maximum absolute atomic E-state index is 10.5. The lowest BCUT2D eigenvalue weighted by molar-refractivity contribution is 0.169. The van der Waals surface area contributed by atoms with Crippen LogP contribution in [-0.2, 0) is 6.42 Å². The van der Waals surface area contributed by atoms with Gasteiger partial charge in [-0.1, -0.05) is 6.92 Å². The van der Waals surface area contributed by atoms with Gasteiger partial charge in [0.25, 0.3) is 0 Å². The van der Waals surface area contributed by atoms with Crippen LogP contribution in [-0.4, -0.2) is 38.2 Å². The molecular weight excluding hydrogens is 282 g/mol. The van der Waals surface area contributed by atoms with Gasteiger partial charge in [-0.3, -0.25) is 0 Å². The highest BCUT2D eigenvalue weighted by atomic mass is 32.2. The molecule has 1 aromatic heterocycles. The van der Waals surface area contributed by atoms with Crippen molar-refractivity contribution in [1.29, 1.82) is 0 Å². The van der Waals surface area contributed by atoms with Crippen LogP contribution in [0.4, 0.5) is 0 Å². The molecule has 3 atom stereocenters. The molecular formula is C13H21NOS3. The highest BCUT2D eigenvalue weighted by Gasteiger charge is 2.31. The van der Waals surface area contributed by atoms with Gasteiger partial charge in [-0.25, -0.2) is 4.98 Å². The minimum absolute atomic E-state index is 0.252. The summed E-state index contributed by atoms with van der Waals surface area (Å²) in [6, 6.07) is 0. The van der Waals surface area contributed by atoms with Crippen LogP contribution in [0.25, 0.3) is 0 Å². The molecule has 0 radical (unpaired) electrons. The summed E-state index contributed by atoms with van der Waals surface area (Å²) >= 11 is 5.69. The molecule has 0 saturated carbocycles. The minimum atomic E-state index is -0.252. The second-order valence-corrected chi connectivity index (χ2v) is 8.59. The van der Waals surface area contributed by atoms with E-state index in [1.807, 2.05) is 30.4 Å². The van der Waals surface area contributed by atoms with Gasteiger partial charge in [0.05, 0.1) is 16.8 Å². The third-order valence-electron chi connectivity index (χ3n) is 3.33. The van der Waals surface area contributed by atoms with Crippen molar-refractivity contribution in [2.24, 2.45) is 0 Å². The number of thioether (sulfide) groups is 2. The van der Waals surface area contributed by atoms with Crippen molar-refractivity contribution in [1.82, 2.24) is 4.98 Å². The lowest BCUT2D eigenvalue weighted by atomic mass is 10.1. The van der Waals surface area contributed by atoms with E-state index in [9.17, 15) is 5.11 Å². The Hall–Kier alpha value is 0.290. The van der Waals surface area contributed by atoms with Crippen molar-refractivity contribution in [3.63, 3.8) is 0 Å². The number of rotatable bonds is 4. The van der Waals surface area contributed by atoms with Crippen molar-refractivity contribution >= 4 is 34.9 Å². The standard InChI is InChI=1S/C13H21NOS3/c1-4-11-13(17-6-5-16-11)10(15)7-12-14-8(2)9(3)18-12/h10-11,13,15H,4-7H2,1-3H3. The van der Waals surface area contributed by atoms with Crippen molar-refractivity contribution in [3.8, 4) is 0 Å². The monoisotopic (exact) mass is 303 g/mol. The van der Waals surface area contributed by atoms with E-state index in [0.29, 0.717) is 16.9 Å². The lowest BCUT2D eigenvalue weighted by Crippen LogP contribution is -2.37. The number of aliphatic hydroxyl groups excluding tert-OH is 1. The minimum Gasteiger partial charge on any atom is -0.391 e. The summed E-state index contributed by atoms with van der Waals surface area (Å²) in [5, 5.41) is 12.5. The van der Waals surface area contributed by atoms with Gasteiger partial charge >= 0.3 is 0 Å². The van der Waals surface area contributed by atoms with E-state index < -0.39 is 0 Å². The molecule has 5 heteroatoms. The first-order valence-corrected chi connectivity index (χ1v) is 9.37. The van der Waals surface area contributed by atoms with Crippen LogP contribution in [0, 0.1) is 13.8 Å². The van der Waals surface area contributed by atoms with E-state index in [1.54, 1.807) is 11.3 Å². The number of aliphatic hydroxyl groups is 1. The molecule has 0 spiro atoms. The van der Waals surface area contributed by atoms with E-state index in [0.717, 1.165) is 17.1 Å². The average Bonchev–Trinajstić information content (AvgIpc) is 2.68. The largest absolute Gasteiger partial charge is 0.391 e. The summed E-state index contributed by atoms with van der Waals surface area (Å²) in [5.74, 6) is 2.39. The SMILES string of the molecule is CCC1SCCSC1C(O)Cc1nc(C)c(C)s1. The zero-order chi connectivity index (χ0) is 13.1. The number of aryl methyl sites for hydroxylation is 2. The van der Waals surface area contributed by atoms with E-state index in [1.165, 1.54) is 16.4 Å². The molecule has 0 amide bonds. The lowest BCUT2D eigenvalue weighted by Gasteiger charge is -2.33. The fourth-order valence-electron chi connectivity index (χ4n) is 2.22. The molecule has 1 N–H and O–H groups in total. The summed E-state index contributed by atoms with van der Waals surface area (Å²) in [6.07, 6.45) is 1.61. The van der Waals surface area contributed by atoms with Gasteiger partial charge in [0.1, 0.15) is 0 Å². The Morgan fingerprint density at radius 1 is 1.33 bits per heavy atom. The number of hydrogen-bond donors (Lipinski definition) is 1. The number of thiazole rings is 1. The summed E-state index contributed by atoms with van der Waals surface area (Å²) in [7, 11) is 0. The van der Waals surface area contributed by atoms with Gasteiger partial charge in [-0.15, -0.1) is 11.3 Å². The zero-order valence-electron chi connectivity index (χ0n) is 11.2. The van der Waals surface area contributed by atoms with Gasteiger partial charge in [0.15, 0.2) is 0 Å². The maximum Gasteiger partial charge on any atom is 0.0957 e.